The van der Waals surface area contributed by atoms with Crippen molar-refractivity contribution in [3.05, 3.63) is 65.2 Å². The molecule has 0 saturated heterocycles. The molecule has 0 aliphatic heterocycles. The van der Waals surface area contributed by atoms with Gasteiger partial charge in [-0.1, -0.05) is 19.3 Å². The molecule has 3 heterocycles. The maximum atomic E-state index is 15.1. The number of rotatable bonds is 10. The van der Waals surface area contributed by atoms with Crippen molar-refractivity contribution < 1.29 is 18.3 Å². The number of nitrogens with one attached hydrogen (secondary N) is 3. The smallest absolute Gasteiger partial charge is 0.320 e. The predicted octanol–water partition coefficient (Wildman–Crippen LogP) is 6.24. The third kappa shape index (κ3) is 6.76. The molecule has 6 rings (SSSR count). The number of amides is 2. The van der Waals surface area contributed by atoms with Gasteiger partial charge < -0.3 is 15.4 Å². The highest BCUT2D eigenvalue weighted by Gasteiger charge is 2.32. The first-order valence-corrected chi connectivity index (χ1v) is 15.1. The van der Waals surface area contributed by atoms with Gasteiger partial charge in [-0.3, -0.25) is 10.00 Å². The van der Waals surface area contributed by atoms with Gasteiger partial charge in [-0.05, 0) is 45.6 Å². The van der Waals surface area contributed by atoms with Gasteiger partial charge in [-0.2, -0.15) is 5.10 Å². The second kappa shape index (κ2) is 12.9. The maximum absolute atomic E-state index is 15.1. The Hall–Kier alpha value is -4.68. The minimum Gasteiger partial charge on any atom is -0.494 e. The summed E-state index contributed by atoms with van der Waals surface area (Å²) in [5.74, 6) is 0.358. The molecule has 230 valence electrons. The topological polar surface area (TPSA) is 132 Å². The highest BCUT2D eigenvalue weighted by molar-refractivity contribution is 5.89. The summed E-state index contributed by atoms with van der Waals surface area (Å²) in [6, 6.07) is 5.46. The zero-order valence-electron chi connectivity index (χ0n) is 24.7. The zero-order chi connectivity index (χ0) is 30.6. The summed E-state index contributed by atoms with van der Waals surface area (Å²) in [7, 11) is 0. The molecule has 0 bridgehead atoms. The van der Waals surface area contributed by atoms with Gasteiger partial charge in [0, 0.05) is 53.2 Å². The van der Waals surface area contributed by atoms with Gasteiger partial charge >= 0.3 is 6.03 Å². The number of nitrogens with zero attached hydrogens (tertiary/aromatic N) is 6. The monoisotopic (exact) mass is 603 g/mol. The minimum absolute atomic E-state index is 0.105. The molecule has 2 fully saturated rings. The van der Waals surface area contributed by atoms with Crippen LogP contribution in [0.2, 0.25) is 0 Å². The van der Waals surface area contributed by atoms with Crippen molar-refractivity contribution in [2.75, 3.05) is 17.2 Å². The van der Waals surface area contributed by atoms with Crippen LogP contribution in [-0.2, 0) is 6.54 Å². The second-order valence-corrected chi connectivity index (χ2v) is 11.2. The fourth-order valence-electron chi connectivity index (χ4n) is 5.66. The van der Waals surface area contributed by atoms with Gasteiger partial charge in [0.25, 0.3) is 0 Å². The molecule has 44 heavy (non-hydrogen) atoms. The van der Waals surface area contributed by atoms with Crippen molar-refractivity contribution in [1.29, 1.82) is 0 Å². The average Bonchev–Trinajstić information content (AvgIpc) is 3.78. The number of hydrogen-bond donors (Lipinski definition) is 3. The lowest BCUT2D eigenvalue weighted by Gasteiger charge is -2.22. The van der Waals surface area contributed by atoms with Gasteiger partial charge in [0.1, 0.15) is 46.9 Å². The van der Waals surface area contributed by atoms with E-state index in [1.807, 2.05) is 6.92 Å². The molecule has 0 atom stereocenters. The van der Waals surface area contributed by atoms with Crippen molar-refractivity contribution in [3.63, 3.8) is 0 Å². The van der Waals surface area contributed by atoms with E-state index in [1.54, 1.807) is 29.9 Å². The molecule has 13 heteroatoms. The zero-order valence-corrected chi connectivity index (χ0v) is 24.7. The quantitative estimate of drug-likeness (QED) is 0.194. The molecule has 0 unspecified atom stereocenters. The van der Waals surface area contributed by atoms with Gasteiger partial charge in [-0.25, -0.2) is 33.5 Å². The molecule has 1 aromatic carbocycles. The lowest BCUT2D eigenvalue weighted by atomic mass is 9.96. The van der Waals surface area contributed by atoms with E-state index in [0.29, 0.717) is 23.9 Å². The normalized spacial score (nSPS) is 15.2. The van der Waals surface area contributed by atoms with Crippen LogP contribution in [0, 0.1) is 18.6 Å². The summed E-state index contributed by atoms with van der Waals surface area (Å²) >= 11 is 0. The fourth-order valence-corrected chi connectivity index (χ4v) is 5.66. The first-order chi connectivity index (χ1) is 21.4. The molecule has 2 amide bonds. The van der Waals surface area contributed by atoms with E-state index >= 15 is 8.78 Å². The van der Waals surface area contributed by atoms with Crippen molar-refractivity contribution in [2.45, 2.75) is 77.3 Å². The highest BCUT2D eigenvalue weighted by Crippen LogP contribution is 2.44. The molecule has 11 nitrogen and oxygen atoms in total. The number of hydrogen-bond acceptors (Lipinski definition) is 8. The lowest BCUT2D eigenvalue weighted by Crippen LogP contribution is -2.39. The number of carbonyl (C=O) groups excluding carboxylic acids is 1. The molecule has 2 saturated carbocycles. The Balaban J connectivity index is 1.35. The first-order valence-electron chi connectivity index (χ1n) is 15.1. The van der Waals surface area contributed by atoms with E-state index in [2.05, 4.69) is 30.9 Å². The Morgan fingerprint density at radius 3 is 2.45 bits per heavy atom. The summed E-state index contributed by atoms with van der Waals surface area (Å²) < 4.78 is 37.0. The maximum Gasteiger partial charge on any atom is 0.320 e. The molecular weight excluding hydrogens is 568 g/mol. The van der Waals surface area contributed by atoms with Gasteiger partial charge in [-0.15, -0.1) is 0 Å². The Morgan fingerprint density at radius 1 is 1.02 bits per heavy atom. The van der Waals surface area contributed by atoms with Gasteiger partial charge in [0.2, 0.25) is 0 Å². The summed E-state index contributed by atoms with van der Waals surface area (Å²) in [6.45, 7) is 3.86. The van der Waals surface area contributed by atoms with E-state index in [4.69, 9.17) is 14.8 Å². The second-order valence-electron chi connectivity index (χ2n) is 11.2. The highest BCUT2D eigenvalue weighted by atomic mass is 19.1. The third-order valence-electron chi connectivity index (χ3n) is 7.89. The molecule has 3 N–H and O–H groups in total. The largest absolute Gasteiger partial charge is 0.494 e. The average molecular weight is 604 g/mol. The Morgan fingerprint density at radius 2 is 1.77 bits per heavy atom. The molecular formula is C31H35F2N9O2. The summed E-state index contributed by atoms with van der Waals surface area (Å²) in [6.07, 6.45) is 10.2. The molecule has 4 aromatic rings. The van der Waals surface area contributed by atoms with Gasteiger partial charge in [0.15, 0.2) is 5.82 Å². The van der Waals surface area contributed by atoms with E-state index in [0.717, 1.165) is 49.8 Å². The molecule has 2 aliphatic rings. The van der Waals surface area contributed by atoms with Crippen LogP contribution in [0.15, 0.2) is 36.8 Å². The van der Waals surface area contributed by atoms with Crippen LogP contribution in [0.4, 0.5) is 31.0 Å². The lowest BCUT2D eigenvalue weighted by molar-refractivity contribution is 0.244. The summed E-state index contributed by atoms with van der Waals surface area (Å²) in [5, 5.41) is 13.8. The number of urea groups is 1. The summed E-state index contributed by atoms with van der Waals surface area (Å²) in [4.78, 5) is 30.4. The Bertz CT molecular complexity index is 1610. The molecule has 0 radical (unpaired) electrons. The van der Waals surface area contributed by atoms with Gasteiger partial charge in [0.05, 0.1) is 13.2 Å². The van der Waals surface area contributed by atoms with Crippen molar-refractivity contribution >= 4 is 23.5 Å². The molecule has 3 aromatic heterocycles. The molecule has 0 spiro atoms. The van der Waals surface area contributed by atoms with Crippen LogP contribution in [-0.4, -0.2) is 48.4 Å². The minimum atomic E-state index is -0.701. The predicted molar refractivity (Wildman–Crippen MR) is 161 cm³/mol. The number of aromatic nitrogens is 6. The molecule has 2 aliphatic carbocycles. The number of halogens is 2. The van der Waals surface area contributed by atoms with Crippen LogP contribution >= 0.6 is 0 Å². The van der Waals surface area contributed by atoms with Crippen LogP contribution in [0.3, 0.4) is 0 Å². The standard InChI is InChI=1S/C31H35F2N9O2/c1-3-44-21-13-23(32)22(24(33)14-21)16-42-29(19-9-10-19)18(2)28(41-42)30-38-26(37-25-11-12-34-17-35-25)15-27(39-30)40-31(43)36-20-7-5-4-6-8-20/h11-15,17,19-20H,3-10,16H2,1-2H3,(H3,34,35,36,37,38,39,40,43). The fraction of sp³-hybridized carbons (Fsp3) is 0.419. The van der Waals surface area contributed by atoms with E-state index < -0.39 is 11.6 Å². The number of benzene rings is 1. The Labute approximate surface area is 253 Å². The number of anilines is 3. The number of ether oxygens (including phenoxy) is 1. The van der Waals surface area contributed by atoms with E-state index in [1.165, 1.54) is 24.9 Å². The third-order valence-corrected chi connectivity index (χ3v) is 7.89. The van der Waals surface area contributed by atoms with E-state index in [9.17, 15) is 4.79 Å². The van der Waals surface area contributed by atoms with E-state index in [-0.39, 0.29) is 47.5 Å². The number of carbonyl (C=O) groups is 1. The SMILES string of the molecule is CCOc1cc(F)c(Cn2nc(-c3nc(NC(=O)NC4CCCCC4)cc(Nc4ccncn4)n3)c(C)c2C2CC2)c(F)c1. The van der Waals surface area contributed by atoms with Crippen LogP contribution in [0.5, 0.6) is 5.75 Å². The van der Waals surface area contributed by atoms with Crippen molar-refractivity contribution in [3.8, 4) is 17.3 Å². The van der Waals surface area contributed by atoms with Crippen LogP contribution < -0.4 is 20.7 Å². The summed E-state index contributed by atoms with van der Waals surface area (Å²) in [5.41, 5.74) is 2.05. The van der Waals surface area contributed by atoms with Crippen molar-refractivity contribution in [1.82, 2.24) is 35.0 Å². The van der Waals surface area contributed by atoms with Crippen molar-refractivity contribution in [2.24, 2.45) is 0 Å². The Kier molecular flexibility index (Phi) is 8.62. The van der Waals surface area contributed by atoms with Crippen LogP contribution in [0.1, 0.15) is 74.6 Å². The first kappa shape index (κ1) is 29.4. The van der Waals surface area contributed by atoms with Crippen LogP contribution in [0.25, 0.3) is 11.5 Å².